The molecule has 6 heteroatoms. The monoisotopic (exact) mass is 342 g/mol. The van der Waals surface area contributed by atoms with Gasteiger partial charge in [0.2, 0.25) is 0 Å². The molecule has 0 amide bonds. The van der Waals surface area contributed by atoms with E-state index in [-0.39, 0.29) is 23.8 Å². The van der Waals surface area contributed by atoms with Gasteiger partial charge in [0.05, 0.1) is 13.2 Å². The Hall–Kier alpha value is -0.240. The van der Waals surface area contributed by atoms with Crippen molar-refractivity contribution >= 4 is 0 Å². The minimum Gasteiger partial charge on any atom is -0.347 e. The van der Waals surface area contributed by atoms with Gasteiger partial charge in [-0.25, -0.2) is 0 Å². The minimum atomic E-state index is -0.208. The van der Waals surface area contributed by atoms with Crippen LogP contribution in [0.25, 0.3) is 0 Å². The van der Waals surface area contributed by atoms with Crippen LogP contribution in [-0.4, -0.2) is 63.2 Å². The normalized spacial score (nSPS) is 34.0. The lowest BCUT2D eigenvalue weighted by Gasteiger charge is -2.21. The van der Waals surface area contributed by atoms with Gasteiger partial charge in [-0.15, -0.1) is 0 Å². The quantitative estimate of drug-likeness (QED) is 0.611. The molecule has 4 fully saturated rings. The van der Waals surface area contributed by atoms with Gasteiger partial charge < -0.3 is 29.6 Å². The lowest BCUT2D eigenvalue weighted by molar-refractivity contribution is -0.728. The predicted octanol–water partition coefficient (Wildman–Crippen LogP) is -0.515. The van der Waals surface area contributed by atoms with Gasteiger partial charge in [0, 0.05) is 25.7 Å². The van der Waals surface area contributed by atoms with Gasteiger partial charge in [-0.2, -0.15) is 0 Å². The summed E-state index contributed by atoms with van der Waals surface area (Å²) in [5.41, 5.74) is 0. The Labute approximate surface area is 144 Å². The molecule has 0 radical (unpaired) electrons. The maximum atomic E-state index is 6.15. The average molecular weight is 342 g/mol. The van der Waals surface area contributed by atoms with E-state index in [1.165, 1.54) is 25.7 Å². The Bertz CT molecular complexity index is 370. The van der Waals surface area contributed by atoms with Gasteiger partial charge in [0.15, 0.2) is 11.6 Å². The summed E-state index contributed by atoms with van der Waals surface area (Å²) in [5.74, 6) is -0.415. The van der Waals surface area contributed by atoms with Crippen LogP contribution >= 0.6 is 0 Å². The van der Waals surface area contributed by atoms with E-state index < -0.39 is 0 Å². The van der Waals surface area contributed by atoms with Crippen LogP contribution in [0, 0.1) is 0 Å². The number of hydrogen-bond donors (Lipinski definition) is 2. The summed E-state index contributed by atoms with van der Waals surface area (Å²) < 4.78 is 24.2. The Balaban J connectivity index is 1.04. The summed E-state index contributed by atoms with van der Waals surface area (Å²) in [4.78, 5) is 0. The molecule has 4 aliphatic rings. The van der Waals surface area contributed by atoms with Crippen molar-refractivity contribution in [2.24, 2.45) is 0 Å². The smallest absolute Gasteiger partial charge is 0.169 e. The molecule has 0 aromatic carbocycles. The first-order valence-corrected chi connectivity index (χ1v) is 10.0. The first-order chi connectivity index (χ1) is 11.8. The van der Waals surface area contributed by atoms with E-state index >= 15 is 0 Å². The molecule has 0 aromatic heterocycles. The fourth-order valence-corrected chi connectivity index (χ4v) is 4.66. The molecule has 0 bridgehead atoms. The fourth-order valence-electron chi connectivity index (χ4n) is 4.66. The van der Waals surface area contributed by atoms with E-state index in [0.717, 1.165) is 65.1 Å². The highest BCUT2D eigenvalue weighted by Crippen LogP contribution is 2.39. The minimum absolute atomic E-state index is 0.208. The maximum absolute atomic E-state index is 6.15. The number of rotatable bonds is 7. The molecular formula is C18H34N2O4+2. The average Bonchev–Trinajstić information content (AvgIpc) is 3.37. The van der Waals surface area contributed by atoms with Crippen molar-refractivity contribution in [1.29, 1.82) is 0 Å². The maximum Gasteiger partial charge on any atom is 0.169 e. The molecular weight excluding hydrogens is 308 g/mol. The molecule has 2 spiro atoms. The molecule has 2 saturated carbocycles. The van der Waals surface area contributed by atoms with E-state index in [2.05, 4.69) is 10.6 Å². The summed E-state index contributed by atoms with van der Waals surface area (Å²) in [5, 5.41) is 4.73. The van der Waals surface area contributed by atoms with Crippen LogP contribution in [0.2, 0.25) is 0 Å². The molecule has 2 saturated heterocycles. The van der Waals surface area contributed by atoms with Crippen molar-refractivity contribution < 1.29 is 29.6 Å². The molecule has 0 unspecified atom stereocenters. The fraction of sp³-hybridized carbons (Fsp3) is 1.00. The molecule has 2 heterocycles. The Kier molecular flexibility index (Phi) is 5.41. The van der Waals surface area contributed by atoms with Crippen LogP contribution in [0.1, 0.15) is 51.4 Å². The molecule has 138 valence electrons. The van der Waals surface area contributed by atoms with E-state index in [1.54, 1.807) is 0 Å². The largest absolute Gasteiger partial charge is 0.347 e. The lowest BCUT2D eigenvalue weighted by atomic mass is 10.2. The van der Waals surface area contributed by atoms with Gasteiger partial charge in [-0.05, 0) is 25.7 Å². The van der Waals surface area contributed by atoms with Crippen LogP contribution in [0.5, 0.6) is 0 Å². The van der Waals surface area contributed by atoms with Gasteiger partial charge in [-0.3, -0.25) is 0 Å². The lowest BCUT2D eigenvalue weighted by Crippen LogP contribution is -2.96. The van der Waals surface area contributed by atoms with E-state index in [4.69, 9.17) is 18.9 Å². The van der Waals surface area contributed by atoms with Crippen molar-refractivity contribution in [2.75, 3.05) is 39.4 Å². The van der Waals surface area contributed by atoms with E-state index in [1.807, 2.05) is 0 Å². The van der Waals surface area contributed by atoms with E-state index in [0.29, 0.717) is 0 Å². The predicted molar refractivity (Wildman–Crippen MR) is 87.4 cm³/mol. The zero-order chi connectivity index (χ0) is 16.3. The van der Waals surface area contributed by atoms with E-state index in [9.17, 15) is 0 Å². The van der Waals surface area contributed by atoms with Crippen LogP contribution in [-0.2, 0) is 18.9 Å². The first-order valence-electron chi connectivity index (χ1n) is 10.0. The molecule has 2 aliphatic carbocycles. The third-order valence-corrected chi connectivity index (χ3v) is 5.99. The topological polar surface area (TPSA) is 70.1 Å². The molecule has 6 nitrogen and oxygen atoms in total. The summed E-state index contributed by atoms with van der Waals surface area (Å²) in [6.45, 7) is 5.81. The summed E-state index contributed by atoms with van der Waals surface area (Å²) in [7, 11) is 0. The Morgan fingerprint density at radius 1 is 0.667 bits per heavy atom. The molecule has 2 aliphatic heterocycles. The van der Waals surface area contributed by atoms with Gasteiger partial charge >= 0.3 is 0 Å². The second kappa shape index (κ2) is 7.56. The number of quaternary nitrogens is 2. The van der Waals surface area contributed by atoms with Crippen molar-refractivity contribution in [1.82, 2.24) is 0 Å². The number of ether oxygens (including phenoxy) is 4. The summed E-state index contributed by atoms with van der Waals surface area (Å²) in [6.07, 6.45) is 9.89. The standard InChI is InChI=1S/C18H32N2O4/c1-2-6-17(5-1)21-13-15(23-17)11-19-9-10-20-12-16-14-22-18(24-16)7-3-4-8-18/h15-16,19-20H,1-14H2/p+2/t15-,16-/m1/s1. The zero-order valence-corrected chi connectivity index (χ0v) is 14.8. The third kappa shape index (κ3) is 3.94. The Morgan fingerprint density at radius 3 is 1.50 bits per heavy atom. The zero-order valence-electron chi connectivity index (χ0n) is 14.8. The van der Waals surface area contributed by atoms with Crippen molar-refractivity contribution in [3.05, 3.63) is 0 Å². The van der Waals surface area contributed by atoms with Crippen LogP contribution < -0.4 is 10.6 Å². The summed E-state index contributed by atoms with van der Waals surface area (Å²) >= 11 is 0. The van der Waals surface area contributed by atoms with Gasteiger partial charge in [0.25, 0.3) is 0 Å². The van der Waals surface area contributed by atoms with Crippen LogP contribution in [0.15, 0.2) is 0 Å². The highest BCUT2D eigenvalue weighted by molar-refractivity contribution is 4.84. The van der Waals surface area contributed by atoms with Crippen molar-refractivity contribution in [2.45, 2.75) is 75.1 Å². The Morgan fingerprint density at radius 2 is 1.08 bits per heavy atom. The number of nitrogens with two attached hydrogens (primary N) is 2. The van der Waals surface area contributed by atoms with Gasteiger partial charge in [-0.1, -0.05) is 0 Å². The van der Waals surface area contributed by atoms with Crippen molar-refractivity contribution in [3.63, 3.8) is 0 Å². The molecule has 4 N–H and O–H groups in total. The van der Waals surface area contributed by atoms with Crippen LogP contribution in [0.3, 0.4) is 0 Å². The number of hydrogen-bond acceptors (Lipinski definition) is 4. The van der Waals surface area contributed by atoms with Crippen LogP contribution in [0.4, 0.5) is 0 Å². The SMILES string of the molecule is C1CCC2(C1)OC[C@@H](C[NH2+]CC[NH2+]C[C@@H]1COC3(CCCC3)O1)O2. The summed E-state index contributed by atoms with van der Waals surface area (Å²) in [6, 6.07) is 0. The molecule has 4 rings (SSSR count). The van der Waals surface area contributed by atoms with Gasteiger partial charge in [0.1, 0.15) is 38.4 Å². The highest BCUT2D eigenvalue weighted by Gasteiger charge is 2.45. The second-order valence-electron chi connectivity index (χ2n) is 7.96. The second-order valence-corrected chi connectivity index (χ2v) is 7.96. The third-order valence-electron chi connectivity index (χ3n) is 5.99. The first kappa shape index (κ1) is 17.2. The highest BCUT2D eigenvalue weighted by atomic mass is 16.7. The van der Waals surface area contributed by atoms with Crippen molar-refractivity contribution in [3.8, 4) is 0 Å². The molecule has 2 atom stereocenters. The molecule has 0 aromatic rings. The molecule has 24 heavy (non-hydrogen) atoms.